The van der Waals surface area contributed by atoms with Gasteiger partial charge in [0.1, 0.15) is 0 Å². The van der Waals surface area contributed by atoms with E-state index in [1.165, 1.54) is 0 Å². The summed E-state index contributed by atoms with van der Waals surface area (Å²) in [6.07, 6.45) is 4.27. The molecule has 138 valence electrons. The molecule has 26 heavy (non-hydrogen) atoms. The molecule has 0 atom stereocenters. The molecule has 0 radical (unpaired) electrons. The molecule has 1 amide bonds. The van der Waals surface area contributed by atoms with Crippen LogP contribution >= 0.6 is 0 Å². The first-order valence-corrected chi connectivity index (χ1v) is 10.5. The molecule has 1 aromatic carbocycles. The zero-order chi connectivity index (χ0) is 18.4. The fraction of sp³-hybridized carbons (Fsp3) is 0.368. The lowest BCUT2D eigenvalue weighted by Gasteiger charge is -2.26. The number of aromatic nitrogens is 1. The van der Waals surface area contributed by atoms with Gasteiger partial charge in [0, 0.05) is 44.1 Å². The van der Waals surface area contributed by atoms with Crippen molar-refractivity contribution in [1.82, 2.24) is 15.2 Å². The third-order valence-electron chi connectivity index (χ3n) is 4.48. The molecule has 0 aliphatic carbocycles. The Balaban J connectivity index is 1.47. The van der Waals surface area contributed by atoms with Crippen LogP contribution in [0.1, 0.15) is 21.5 Å². The van der Waals surface area contributed by atoms with Gasteiger partial charge in [-0.2, -0.15) is 0 Å². The maximum atomic E-state index is 12.2. The lowest BCUT2D eigenvalue weighted by Crippen LogP contribution is -2.39. The average molecular weight is 373 g/mol. The third-order valence-corrected chi connectivity index (χ3v) is 6.09. The zero-order valence-corrected chi connectivity index (χ0v) is 15.4. The van der Waals surface area contributed by atoms with Crippen molar-refractivity contribution < 1.29 is 13.2 Å². The van der Waals surface area contributed by atoms with Gasteiger partial charge in [0.15, 0.2) is 9.84 Å². The minimum Gasteiger partial charge on any atom is -0.352 e. The summed E-state index contributed by atoms with van der Waals surface area (Å²) in [5, 5.41) is 2.91. The summed E-state index contributed by atoms with van der Waals surface area (Å²) in [4.78, 5) is 18.4. The number of amides is 1. The number of rotatable bonds is 6. The Morgan fingerprint density at radius 2 is 1.81 bits per heavy atom. The number of carbonyl (C=O) groups is 1. The van der Waals surface area contributed by atoms with E-state index in [9.17, 15) is 13.2 Å². The molecule has 1 N–H and O–H groups in total. The minimum absolute atomic E-state index is 0.0930. The normalized spacial score (nSPS) is 16.9. The molecule has 0 spiro atoms. The van der Waals surface area contributed by atoms with Crippen LogP contribution in [0.2, 0.25) is 0 Å². The highest BCUT2D eigenvalue weighted by Crippen LogP contribution is 2.11. The van der Waals surface area contributed by atoms with Gasteiger partial charge in [-0.3, -0.25) is 14.7 Å². The Hall–Kier alpha value is -2.25. The minimum atomic E-state index is -2.85. The summed E-state index contributed by atoms with van der Waals surface area (Å²) < 4.78 is 22.9. The Morgan fingerprint density at radius 3 is 2.46 bits per heavy atom. The van der Waals surface area contributed by atoms with E-state index in [0.717, 1.165) is 17.5 Å². The number of nitrogens with one attached hydrogen (secondary N) is 1. The SMILES string of the molecule is O=C(NCCc1cccnc1)c1ccc(CN2CCS(=O)(=O)CC2)cc1. The fourth-order valence-corrected chi connectivity index (χ4v) is 4.17. The highest BCUT2D eigenvalue weighted by atomic mass is 32.2. The number of sulfone groups is 1. The van der Waals surface area contributed by atoms with E-state index >= 15 is 0 Å². The lowest BCUT2D eigenvalue weighted by atomic mass is 10.1. The second-order valence-corrected chi connectivity index (χ2v) is 8.80. The Bertz CT molecular complexity index is 822. The molecule has 7 heteroatoms. The van der Waals surface area contributed by atoms with Gasteiger partial charge in [0.05, 0.1) is 11.5 Å². The third kappa shape index (κ3) is 5.37. The van der Waals surface area contributed by atoms with Gasteiger partial charge in [-0.1, -0.05) is 18.2 Å². The van der Waals surface area contributed by atoms with Gasteiger partial charge in [-0.15, -0.1) is 0 Å². The molecular formula is C19H23N3O3S. The molecule has 0 bridgehead atoms. The molecule has 1 aromatic heterocycles. The Labute approximate surface area is 154 Å². The number of pyridine rings is 1. The van der Waals surface area contributed by atoms with Gasteiger partial charge >= 0.3 is 0 Å². The van der Waals surface area contributed by atoms with Crippen LogP contribution in [0.25, 0.3) is 0 Å². The van der Waals surface area contributed by atoms with E-state index < -0.39 is 9.84 Å². The van der Waals surface area contributed by atoms with Crippen LogP contribution in [-0.2, 0) is 22.8 Å². The highest BCUT2D eigenvalue weighted by molar-refractivity contribution is 7.91. The molecule has 0 saturated carbocycles. The molecule has 2 aromatic rings. The second kappa shape index (κ2) is 8.42. The number of nitrogens with zero attached hydrogens (tertiary/aromatic N) is 2. The van der Waals surface area contributed by atoms with E-state index in [-0.39, 0.29) is 17.4 Å². The van der Waals surface area contributed by atoms with Gasteiger partial charge in [0.25, 0.3) is 5.91 Å². The van der Waals surface area contributed by atoms with Crippen LogP contribution in [0.5, 0.6) is 0 Å². The molecule has 3 rings (SSSR count). The number of hydrogen-bond acceptors (Lipinski definition) is 5. The monoisotopic (exact) mass is 373 g/mol. The van der Waals surface area contributed by atoms with Gasteiger partial charge in [-0.25, -0.2) is 8.42 Å². The second-order valence-electron chi connectivity index (χ2n) is 6.49. The number of carbonyl (C=O) groups excluding carboxylic acids is 1. The maximum Gasteiger partial charge on any atom is 0.251 e. The average Bonchev–Trinajstić information content (AvgIpc) is 2.65. The maximum absolute atomic E-state index is 12.2. The number of benzene rings is 1. The fourth-order valence-electron chi connectivity index (χ4n) is 2.90. The summed E-state index contributed by atoms with van der Waals surface area (Å²) in [5.41, 5.74) is 2.80. The van der Waals surface area contributed by atoms with Crippen molar-refractivity contribution >= 4 is 15.7 Å². The predicted octanol–water partition coefficient (Wildman–Crippen LogP) is 1.28. The molecule has 2 heterocycles. The first kappa shape index (κ1) is 18.5. The summed E-state index contributed by atoms with van der Waals surface area (Å²) in [6.45, 7) is 2.41. The Kier molecular flexibility index (Phi) is 6.00. The van der Waals surface area contributed by atoms with E-state index in [2.05, 4.69) is 15.2 Å². The Morgan fingerprint density at radius 1 is 1.08 bits per heavy atom. The standard InChI is InChI=1S/C19H23N3O3S/c23-19(21-9-7-16-2-1-8-20-14-16)18-5-3-17(4-6-18)15-22-10-12-26(24,25)13-11-22/h1-6,8,14H,7,9-13,15H2,(H,21,23). The topological polar surface area (TPSA) is 79.4 Å². The molecular weight excluding hydrogens is 350 g/mol. The van der Waals surface area contributed by atoms with E-state index in [4.69, 9.17) is 0 Å². The van der Waals surface area contributed by atoms with Crippen molar-refractivity contribution in [3.8, 4) is 0 Å². The predicted molar refractivity (Wildman–Crippen MR) is 101 cm³/mol. The van der Waals surface area contributed by atoms with Crippen molar-refractivity contribution in [3.63, 3.8) is 0 Å². The molecule has 6 nitrogen and oxygen atoms in total. The summed E-state index contributed by atoms with van der Waals surface area (Å²) in [7, 11) is -2.85. The van der Waals surface area contributed by atoms with Gasteiger partial charge < -0.3 is 5.32 Å². The van der Waals surface area contributed by atoms with Gasteiger partial charge in [0.2, 0.25) is 0 Å². The molecule has 1 aliphatic heterocycles. The van der Waals surface area contributed by atoms with E-state index in [1.807, 2.05) is 36.4 Å². The van der Waals surface area contributed by atoms with Crippen LogP contribution in [0, 0.1) is 0 Å². The highest BCUT2D eigenvalue weighted by Gasteiger charge is 2.21. The van der Waals surface area contributed by atoms with Crippen LogP contribution < -0.4 is 5.32 Å². The van der Waals surface area contributed by atoms with Crippen molar-refractivity contribution in [1.29, 1.82) is 0 Å². The first-order valence-electron chi connectivity index (χ1n) is 8.71. The zero-order valence-electron chi connectivity index (χ0n) is 14.6. The van der Waals surface area contributed by atoms with Crippen molar-refractivity contribution in [2.75, 3.05) is 31.1 Å². The quantitative estimate of drug-likeness (QED) is 0.825. The van der Waals surface area contributed by atoms with Crippen molar-refractivity contribution in [2.45, 2.75) is 13.0 Å². The summed E-state index contributed by atoms with van der Waals surface area (Å²) >= 11 is 0. The molecule has 1 saturated heterocycles. The first-order chi connectivity index (χ1) is 12.5. The molecule has 0 unspecified atom stereocenters. The van der Waals surface area contributed by atoms with E-state index in [0.29, 0.717) is 31.7 Å². The van der Waals surface area contributed by atoms with Crippen LogP contribution in [0.15, 0.2) is 48.8 Å². The van der Waals surface area contributed by atoms with Crippen LogP contribution in [0.3, 0.4) is 0 Å². The van der Waals surface area contributed by atoms with Gasteiger partial charge in [-0.05, 0) is 35.7 Å². The van der Waals surface area contributed by atoms with Crippen molar-refractivity contribution in [3.05, 3.63) is 65.5 Å². The largest absolute Gasteiger partial charge is 0.352 e. The summed E-state index contributed by atoms with van der Waals surface area (Å²) in [5.74, 6) is 0.360. The van der Waals surface area contributed by atoms with Crippen LogP contribution in [0.4, 0.5) is 0 Å². The van der Waals surface area contributed by atoms with Crippen LogP contribution in [-0.4, -0.2) is 55.3 Å². The lowest BCUT2D eigenvalue weighted by molar-refractivity contribution is 0.0954. The smallest absolute Gasteiger partial charge is 0.251 e. The van der Waals surface area contributed by atoms with Crippen molar-refractivity contribution in [2.24, 2.45) is 0 Å². The molecule has 1 fully saturated rings. The summed E-state index contributed by atoms with van der Waals surface area (Å²) in [6, 6.07) is 11.4. The molecule has 1 aliphatic rings. The van der Waals surface area contributed by atoms with E-state index in [1.54, 1.807) is 12.4 Å². The number of hydrogen-bond donors (Lipinski definition) is 1.